The van der Waals surface area contributed by atoms with Gasteiger partial charge in [-0.05, 0) is 19.1 Å². The number of nitrogens with two attached hydrogens (primary N) is 2. The Morgan fingerprint density at radius 3 is 2.55 bits per heavy atom. The number of anilines is 1. The smallest absolute Gasteiger partial charge is 0.267 e. The van der Waals surface area contributed by atoms with Crippen molar-refractivity contribution in [3.63, 3.8) is 0 Å². The molecule has 0 amide bonds. The SMILES string of the molecule is C[C@]1(c2cc(N)cc(F)c2F)N=C(N)S[C@@H]2[C@H]1C2(F)F. The number of amidine groups is 1. The number of hydrogen-bond acceptors (Lipinski definition) is 4. The fraction of sp³-hybridized carbons (Fsp3) is 0.417. The molecule has 1 fully saturated rings. The number of alkyl halides is 2. The van der Waals surface area contributed by atoms with Crippen LogP contribution in [0.5, 0.6) is 0 Å². The zero-order valence-corrected chi connectivity index (χ0v) is 11.1. The number of benzene rings is 1. The maximum Gasteiger partial charge on any atom is 0.267 e. The molecule has 0 radical (unpaired) electrons. The Morgan fingerprint density at radius 2 is 1.90 bits per heavy atom. The van der Waals surface area contributed by atoms with Gasteiger partial charge in [-0.15, -0.1) is 0 Å². The quantitative estimate of drug-likeness (QED) is 0.619. The number of aliphatic imine (C=N–C) groups is 1. The zero-order chi connectivity index (χ0) is 14.9. The first kappa shape index (κ1) is 13.5. The summed E-state index contributed by atoms with van der Waals surface area (Å²) in [7, 11) is 0. The van der Waals surface area contributed by atoms with Crippen molar-refractivity contribution in [3.05, 3.63) is 29.3 Å². The number of hydrogen-bond donors (Lipinski definition) is 2. The molecule has 3 atom stereocenters. The highest BCUT2D eigenvalue weighted by atomic mass is 32.2. The molecule has 1 aromatic rings. The highest BCUT2D eigenvalue weighted by Gasteiger charge is 2.77. The summed E-state index contributed by atoms with van der Waals surface area (Å²) in [4.78, 5) is 3.96. The van der Waals surface area contributed by atoms with Crippen LogP contribution in [-0.2, 0) is 5.54 Å². The summed E-state index contributed by atoms with van der Waals surface area (Å²) < 4.78 is 55.0. The average molecular weight is 305 g/mol. The second kappa shape index (κ2) is 3.81. The molecule has 0 bridgehead atoms. The molecule has 4 N–H and O–H groups in total. The van der Waals surface area contributed by atoms with Gasteiger partial charge in [-0.1, -0.05) is 11.8 Å². The number of halogens is 4. The Labute approximate surface area is 116 Å². The molecule has 0 unspecified atom stereocenters. The Kier molecular flexibility index (Phi) is 2.58. The Hall–Kier alpha value is -1.44. The van der Waals surface area contributed by atoms with Gasteiger partial charge in [0.25, 0.3) is 5.92 Å². The van der Waals surface area contributed by atoms with Crippen LogP contribution in [0.1, 0.15) is 12.5 Å². The molecule has 3 rings (SSSR count). The van der Waals surface area contributed by atoms with Crippen molar-refractivity contribution >= 4 is 22.6 Å². The van der Waals surface area contributed by atoms with Crippen molar-refractivity contribution in [2.24, 2.45) is 16.6 Å². The molecular formula is C12H11F4N3S. The van der Waals surface area contributed by atoms with Crippen LogP contribution in [0.15, 0.2) is 17.1 Å². The van der Waals surface area contributed by atoms with Gasteiger partial charge in [0, 0.05) is 11.3 Å². The van der Waals surface area contributed by atoms with Gasteiger partial charge in [-0.3, -0.25) is 4.99 Å². The molecule has 0 aromatic heterocycles. The van der Waals surface area contributed by atoms with Gasteiger partial charge in [0.05, 0.1) is 16.7 Å². The van der Waals surface area contributed by atoms with E-state index in [0.717, 1.165) is 23.9 Å². The summed E-state index contributed by atoms with van der Waals surface area (Å²) in [6.07, 6.45) is 0. The first-order valence-corrected chi connectivity index (χ1v) is 6.70. The van der Waals surface area contributed by atoms with Crippen LogP contribution in [0.25, 0.3) is 0 Å². The maximum absolute atomic E-state index is 14.0. The van der Waals surface area contributed by atoms with Gasteiger partial charge >= 0.3 is 0 Å². The van der Waals surface area contributed by atoms with Gasteiger partial charge in [0.2, 0.25) is 0 Å². The summed E-state index contributed by atoms with van der Waals surface area (Å²) >= 11 is 0.764. The Bertz CT molecular complexity index is 633. The first-order valence-electron chi connectivity index (χ1n) is 5.82. The predicted octanol–water partition coefficient (Wildman–Crippen LogP) is 2.46. The lowest BCUT2D eigenvalue weighted by atomic mass is 9.86. The molecule has 0 saturated heterocycles. The molecule has 1 aliphatic carbocycles. The summed E-state index contributed by atoms with van der Waals surface area (Å²) in [5, 5.41) is -1.12. The molecule has 108 valence electrons. The van der Waals surface area contributed by atoms with E-state index in [0.29, 0.717) is 0 Å². The second-order valence-corrected chi connectivity index (χ2v) is 6.31. The largest absolute Gasteiger partial charge is 0.399 e. The Balaban J connectivity index is 2.19. The van der Waals surface area contributed by atoms with Gasteiger partial charge in [0.15, 0.2) is 16.8 Å². The number of nitrogens with zero attached hydrogens (tertiary/aromatic N) is 1. The van der Waals surface area contributed by atoms with Crippen molar-refractivity contribution in [1.82, 2.24) is 0 Å². The van der Waals surface area contributed by atoms with Crippen LogP contribution >= 0.6 is 11.8 Å². The fourth-order valence-corrected chi connectivity index (χ4v) is 4.09. The monoisotopic (exact) mass is 305 g/mol. The molecule has 1 heterocycles. The molecule has 3 nitrogen and oxygen atoms in total. The summed E-state index contributed by atoms with van der Waals surface area (Å²) in [5.41, 5.74) is 9.06. The van der Waals surface area contributed by atoms with Crippen LogP contribution in [0.3, 0.4) is 0 Å². The van der Waals surface area contributed by atoms with Crippen molar-refractivity contribution < 1.29 is 17.6 Å². The average Bonchev–Trinajstić information content (AvgIpc) is 2.86. The van der Waals surface area contributed by atoms with Gasteiger partial charge in [0.1, 0.15) is 0 Å². The predicted molar refractivity (Wildman–Crippen MR) is 69.6 cm³/mol. The van der Waals surface area contributed by atoms with Crippen molar-refractivity contribution in [1.29, 1.82) is 0 Å². The second-order valence-electron chi connectivity index (χ2n) is 5.15. The minimum Gasteiger partial charge on any atom is -0.399 e. The summed E-state index contributed by atoms with van der Waals surface area (Å²) in [6, 6.07) is 1.94. The van der Waals surface area contributed by atoms with E-state index < -0.39 is 34.3 Å². The first-order chi connectivity index (χ1) is 9.18. The third-order valence-corrected chi connectivity index (χ3v) is 4.95. The molecule has 20 heavy (non-hydrogen) atoms. The summed E-state index contributed by atoms with van der Waals surface area (Å²) in [6.45, 7) is 1.33. The zero-order valence-electron chi connectivity index (χ0n) is 10.3. The maximum atomic E-state index is 14.0. The molecule has 1 aromatic carbocycles. The van der Waals surface area contributed by atoms with E-state index in [9.17, 15) is 17.6 Å². The van der Waals surface area contributed by atoms with Gasteiger partial charge < -0.3 is 11.5 Å². The summed E-state index contributed by atoms with van der Waals surface area (Å²) in [5.74, 6) is -6.64. The molecular weight excluding hydrogens is 294 g/mol. The van der Waals surface area contributed by atoms with E-state index in [4.69, 9.17) is 11.5 Å². The lowest BCUT2D eigenvalue weighted by Gasteiger charge is -2.29. The highest BCUT2D eigenvalue weighted by molar-refractivity contribution is 8.14. The number of rotatable bonds is 1. The van der Waals surface area contributed by atoms with Crippen LogP contribution in [0.2, 0.25) is 0 Å². The van der Waals surface area contributed by atoms with Crippen molar-refractivity contribution in [3.8, 4) is 0 Å². The number of fused-ring (bicyclic) bond motifs is 1. The van der Waals surface area contributed by atoms with E-state index in [1.165, 1.54) is 6.92 Å². The van der Waals surface area contributed by atoms with E-state index in [1.807, 2.05) is 0 Å². The van der Waals surface area contributed by atoms with Gasteiger partial charge in [-0.25, -0.2) is 17.6 Å². The van der Waals surface area contributed by atoms with E-state index in [2.05, 4.69) is 4.99 Å². The number of nitrogen functional groups attached to an aromatic ring is 1. The molecule has 0 spiro atoms. The number of thioether (sulfide) groups is 1. The third-order valence-electron chi connectivity index (χ3n) is 3.78. The van der Waals surface area contributed by atoms with E-state index in [-0.39, 0.29) is 16.4 Å². The van der Waals surface area contributed by atoms with Crippen LogP contribution in [0.4, 0.5) is 23.2 Å². The standard InChI is InChI=1S/C12H11F4N3S/c1-11(5-2-4(17)3-6(13)7(5)14)8-9(12(8,15)16)20-10(18)19-11/h2-3,8-9H,17H2,1H3,(H2,18,19)/t8-,9-,11-/m1/s1. The molecule has 1 aliphatic heterocycles. The minimum atomic E-state index is -3.02. The molecule has 2 aliphatic rings. The highest BCUT2D eigenvalue weighted by Crippen LogP contribution is 2.66. The van der Waals surface area contributed by atoms with Crippen LogP contribution < -0.4 is 11.5 Å². The topological polar surface area (TPSA) is 64.4 Å². The lowest BCUT2D eigenvalue weighted by Crippen LogP contribution is -2.32. The third kappa shape index (κ3) is 1.63. The molecule has 8 heteroatoms. The van der Waals surface area contributed by atoms with Crippen molar-refractivity contribution in [2.75, 3.05) is 5.73 Å². The van der Waals surface area contributed by atoms with Crippen LogP contribution in [-0.4, -0.2) is 16.3 Å². The van der Waals surface area contributed by atoms with Crippen LogP contribution in [0, 0.1) is 17.6 Å². The fourth-order valence-electron chi connectivity index (χ4n) is 2.78. The lowest BCUT2D eigenvalue weighted by molar-refractivity contribution is 0.0818. The van der Waals surface area contributed by atoms with E-state index >= 15 is 0 Å². The van der Waals surface area contributed by atoms with Gasteiger partial charge in [-0.2, -0.15) is 0 Å². The van der Waals surface area contributed by atoms with E-state index in [1.54, 1.807) is 0 Å². The van der Waals surface area contributed by atoms with Crippen molar-refractivity contribution in [2.45, 2.75) is 23.6 Å². The Morgan fingerprint density at radius 1 is 1.25 bits per heavy atom. The minimum absolute atomic E-state index is 0.0485. The normalized spacial score (nSPS) is 34.4. The molecule has 1 saturated carbocycles.